The molecule has 3 N–H and O–H groups in total. The molecule has 1 heterocycles. The predicted octanol–water partition coefficient (Wildman–Crippen LogP) is 3.30. The molecule has 0 aliphatic heterocycles. The number of sulfonamides is 1. The molecule has 0 unspecified atom stereocenters. The number of esters is 1. The number of nitrogens with one attached hydrogen (secondary N) is 1. The van der Waals surface area contributed by atoms with Crippen LogP contribution in [-0.2, 0) is 26.2 Å². The first-order valence-corrected chi connectivity index (χ1v) is 11.3. The molecule has 0 amide bonds. The van der Waals surface area contributed by atoms with Gasteiger partial charge in [-0.15, -0.1) is 10.2 Å². The smallest absolute Gasteiger partial charge is 0.302 e. The third kappa shape index (κ3) is 5.88. The fraction of sp³-hybridized carbons (Fsp3) is 0.100. The highest BCUT2D eigenvalue weighted by Gasteiger charge is 2.24. The minimum atomic E-state index is -4.52. The molecule has 176 valence electrons. The molecule has 0 aliphatic rings. The lowest BCUT2D eigenvalue weighted by atomic mass is 10.1. The topological polar surface area (TPSA) is 137 Å². The summed E-state index contributed by atoms with van der Waals surface area (Å²) in [6, 6.07) is 4.03. The molecule has 0 bridgehead atoms. The second kappa shape index (κ2) is 10.2. The summed E-state index contributed by atoms with van der Waals surface area (Å²) in [7, 11) is -4.52. The van der Waals surface area contributed by atoms with Crippen LogP contribution in [0.5, 0.6) is 0 Å². The summed E-state index contributed by atoms with van der Waals surface area (Å²) in [5.41, 5.74) is 4.06. The van der Waals surface area contributed by atoms with Crippen LogP contribution >= 0.6 is 23.2 Å². The third-order valence-corrected chi connectivity index (χ3v) is 6.20. The normalized spacial score (nSPS) is 10.9. The molecular weight excluding hydrogens is 515 g/mol. The Hall–Kier alpha value is -3.53. The number of nitrogen functional groups attached to an aromatic ring is 1. The average molecular weight is 528 g/mol. The highest BCUT2D eigenvalue weighted by atomic mass is 35.5. The number of ether oxygens (including phenoxy) is 1. The summed E-state index contributed by atoms with van der Waals surface area (Å²) < 4.78 is 61.8. The van der Waals surface area contributed by atoms with Crippen molar-refractivity contribution in [2.45, 2.75) is 18.4 Å². The lowest BCUT2D eigenvalue weighted by molar-refractivity contribution is -0.142. The van der Waals surface area contributed by atoms with Gasteiger partial charge in [-0.2, -0.15) is 0 Å². The lowest BCUT2D eigenvalue weighted by Crippen LogP contribution is -2.16. The van der Waals surface area contributed by atoms with Crippen molar-refractivity contribution in [3.8, 4) is 11.8 Å². The van der Waals surface area contributed by atoms with Gasteiger partial charge in [0.05, 0.1) is 22.5 Å². The number of rotatable bonds is 5. The first kappa shape index (κ1) is 25.1. The number of anilines is 2. The van der Waals surface area contributed by atoms with Gasteiger partial charge in [0.25, 0.3) is 10.0 Å². The number of halogens is 4. The Morgan fingerprint density at radius 3 is 2.59 bits per heavy atom. The fourth-order valence-corrected chi connectivity index (χ4v) is 4.49. The zero-order valence-corrected chi connectivity index (χ0v) is 19.4. The van der Waals surface area contributed by atoms with Gasteiger partial charge in [0.1, 0.15) is 17.3 Å². The van der Waals surface area contributed by atoms with E-state index in [9.17, 15) is 22.0 Å². The Morgan fingerprint density at radius 2 is 1.94 bits per heavy atom. The average Bonchev–Trinajstić information content (AvgIpc) is 2.77. The Bertz CT molecular complexity index is 1440. The number of carbonyl (C=O) groups excluding carboxylic acids is 1. The predicted molar refractivity (Wildman–Crippen MR) is 119 cm³/mol. The van der Waals surface area contributed by atoms with Crippen LogP contribution in [0.25, 0.3) is 0 Å². The molecule has 3 rings (SSSR count). The molecule has 0 saturated carbocycles. The highest BCUT2D eigenvalue weighted by molar-refractivity contribution is 7.92. The van der Waals surface area contributed by atoms with Crippen LogP contribution in [0.2, 0.25) is 10.0 Å². The van der Waals surface area contributed by atoms with Crippen LogP contribution in [0.1, 0.15) is 23.7 Å². The van der Waals surface area contributed by atoms with Crippen LogP contribution in [0.15, 0.2) is 35.4 Å². The second-order valence-corrected chi connectivity index (χ2v) is 8.96. The van der Waals surface area contributed by atoms with E-state index in [4.69, 9.17) is 33.7 Å². The zero-order valence-electron chi connectivity index (χ0n) is 17.1. The summed E-state index contributed by atoms with van der Waals surface area (Å²) in [4.78, 5) is 14.2. The van der Waals surface area contributed by atoms with E-state index in [2.05, 4.69) is 27.0 Å². The minimum absolute atomic E-state index is 0.0231. The molecule has 3 aromatic rings. The molecule has 0 radical (unpaired) electrons. The number of hydrogen-bond donors (Lipinski definition) is 2. The fourth-order valence-electron chi connectivity index (χ4n) is 2.51. The van der Waals surface area contributed by atoms with E-state index in [0.29, 0.717) is 0 Å². The van der Waals surface area contributed by atoms with Gasteiger partial charge < -0.3 is 10.5 Å². The van der Waals surface area contributed by atoms with E-state index in [-0.39, 0.29) is 33.9 Å². The van der Waals surface area contributed by atoms with Gasteiger partial charge in [-0.3, -0.25) is 9.52 Å². The van der Waals surface area contributed by atoms with Gasteiger partial charge in [-0.1, -0.05) is 29.1 Å². The molecule has 0 aliphatic carbocycles. The van der Waals surface area contributed by atoms with Crippen molar-refractivity contribution in [1.82, 2.24) is 15.2 Å². The van der Waals surface area contributed by atoms with Crippen molar-refractivity contribution >= 4 is 50.8 Å². The van der Waals surface area contributed by atoms with Crippen molar-refractivity contribution in [3.05, 3.63) is 69.0 Å². The van der Waals surface area contributed by atoms with Crippen LogP contribution in [0.4, 0.5) is 20.4 Å². The third-order valence-electron chi connectivity index (χ3n) is 4.03. The van der Waals surface area contributed by atoms with E-state index in [1.807, 2.05) is 4.72 Å². The summed E-state index contributed by atoms with van der Waals surface area (Å²) in [5.74, 6) is 1.51. The molecule has 0 fully saturated rings. The maximum atomic E-state index is 15.0. The van der Waals surface area contributed by atoms with Crippen LogP contribution in [0.3, 0.4) is 0 Å². The van der Waals surface area contributed by atoms with Gasteiger partial charge in [-0.25, -0.2) is 22.2 Å². The second-order valence-electron chi connectivity index (χ2n) is 6.50. The highest BCUT2D eigenvalue weighted by Crippen LogP contribution is 2.32. The summed E-state index contributed by atoms with van der Waals surface area (Å²) in [6.45, 7) is 0.816. The first-order chi connectivity index (χ1) is 16.0. The largest absolute Gasteiger partial charge is 0.461 e. The molecule has 34 heavy (non-hydrogen) atoms. The maximum absolute atomic E-state index is 15.0. The van der Waals surface area contributed by atoms with E-state index < -0.39 is 43.8 Å². The van der Waals surface area contributed by atoms with Gasteiger partial charge in [-0.05, 0) is 30.2 Å². The van der Waals surface area contributed by atoms with Crippen molar-refractivity contribution in [2.24, 2.45) is 0 Å². The van der Waals surface area contributed by atoms with E-state index in [1.54, 1.807) is 0 Å². The van der Waals surface area contributed by atoms with Gasteiger partial charge in [0, 0.05) is 17.5 Å². The lowest BCUT2D eigenvalue weighted by Gasteiger charge is -2.14. The van der Waals surface area contributed by atoms with Crippen LogP contribution in [-0.4, -0.2) is 29.6 Å². The van der Waals surface area contributed by atoms with Gasteiger partial charge in [0.15, 0.2) is 11.5 Å². The standard InChI is InChI=1S/C20H13Cl2F2N5O4S/c1-10(30)33-9-11-6-12(21)7-17(18(11)22)34(31,32)29-16-5-4-15(23)14(19(16)24)3-2-13-8-26-20(25)28-27-13/h4-8,29H,9H2,1H3,(H2,25,26,28). The molecule has 14 heteroatoms. The number of hydrogen-bond acceptors (Lipinski definition) is 8. The first-order valence-electron chi connectivity index (χ1n) is 9.07. The molecule has 9 nitrogen and oxygen atoms in total. The zero-order chi connectivity index (χ0) is 25.0. The molecule has 0 saturated heterocycles. The molecular formula is C20H13Cl2F2N5O4S. The molecule has 0 spiro atoms. The summed E-state index contributed by atoms with van der Waals surface area (Å²) in [5, 5.41) is 6.74. The van der Waals surface area contributed by atoms with E-state index >= 15 is 0 Å². The molecule has 2 aromatic carbocycles. The van der Waals surface area contributed by atoms with Gasteiger partial charge >= 0.3 is 5.97 Å². The van der Waals surface area contributed by atoms with Crippen LogP contribution < -0.4 is 10.5 Å². The quantitative estimate of drug-likeness (QED) is 0.380. The number of nitrogens with two attached hydrogens (primary N) is 1. The SMILES string of the molecule is CC(=O)OCc1cc(Cl)cc(S(=O)(=O)Nc2ccc(F)c(C#Cc3cnc(N)nn3)c2F)c1Cl. The monoisotopic (exact) mass is 527 g/mol. The summed E-state index contributed by atoms with van der Waals surface area (Å²) in [6.07, 6.45) is 1.15. The number of carbonyl (C=O) groups is 1. The summed E-state index contributed by atoms with van der Waals surface area (Å²) >= 11 is 12.1. The molecule has 0 atom stereocenters. The van der Waals surface area contributed by atoms with Crippen molar-refractivity contribution in [2.75, 3.05) is 10.5 Å². The van der Waals surface area contributed by atoms with E-state index in [1.165, 1.54) is 6.07 Å². The van der Waals surface area contributed by atoms with E-state index in [0.717, 1.165) is 31.3 Å². The number of aromatic nitrogens is 3. The molecule has 1 aromatic heterocycles. The van der Waals surface area contributed by atoms with Crippen molar-refractivity contribution in [3.63, 3.8) is 0 Å². The Morgan fingerprint density at radius 1 is 1.21 bits per heavy atom. The Balaban J connectivity index is 1.98. The van der Waals surface area contributed by atoms with Crippen molar-refractivity contribution in [1.29, 1.82) is 0 Å². The number of nitrogens with zero attached hydrogens (tertiary/aromatic N) is 3. The minimum Gasteiger partial charge on any atom is -0.461 e. The Labute approximate surface area is 202 Å². The van der Waals surface area contributed by atoms with Crippen LogP contribution in [0, 0.1) is 23.5 Å². The van der Waals surface area contributed by atoms with Crippen molar-refractivity contribution < 1.29 is 26.7 Å². The van der Waals surface area contributed by atoms with Gasteiger partial charge in [0.2, 0.25) is 5.95 Å². The number of benzene rings is 2. The Kier molecular flexibility index (Phi) is 7.51. The maximum Gasteiger partial charge on any atom is 0.302 e.